The third kappa shape index (κ3) is 2.35. The number of thioether (sulfide) groups is 1. The van der Waals surface area contributed by atoms with Crippen LogP contribution in [0.15, 0.2) is 56.5 Å². The third-order valence-corrected chi connectivity index (χ3v) is 5.12. The van der Waals surface area contributed by atoms with Gasteiger partial charge in [0.15, 0.2) is 0 Å². The summed E-state index contributed by atoms with van der Waals surface area (Å²) in [6.07, 6.45) is 3.24. The fourth-order valence-corrected chi connectivity index (χ4v) is 3.98. The Morgan fingerprint density at radius 1 is 1.22 bits per heavy atom. The summed E-state index contributed by atoms with van der Waals surface area (Å²) in [5, 5.41) is 0.739. The number of hydrogen-bond acceptors (Lipinski definition) is 5. The highest BCUT2D eigenvalue weighted by Crippen LogP contribution is 2.42. The van der Waals surface area contributed by atoms with Crippen molar-refractivity contribution in [1.82, 2.24) is 0 Å². The lowest BCUT2D eigenvalue weighted by Gasteiger charge is -2.23. The normalized spacial score (nSPS) is 18.0. The fourth-order valence-electron chi connectivity index (χ4n) is 2.83. The smallest absolute Gasteiger partial charge is 0.336 e. The lowest BCUT2D eigenvalue weighted by atomic mass is 10.1. The summed E-state index contributed by atoms with van der Waals surface area (Å²) in [6.45, 7) is 1.87. The monoisotopic (exact) mass is 327 g/mol. The Morgan fingerprint density at radius 3 is 2.87 bits per heavy atom. The molecule has 2 aromatic heterocycles. The van der Waals surface area contributed by atoms with Gasteiger partial charge in [0.2, 0.25) is 5.91 Å². The predicted molar refractivity (Wildman–Crippen MR) is 88.6 cm³/mol. The largest absolute Gasteiger partial charge is 0.472 e. The van der Waals surface area contributed by atoms with Crippen molar-refractivity contribution in [3.8, 4) is 0 Å². The Labute approximate surface area is 135 Å². The van der Waals surface area contributed by atoms with Crippen LogP contribution in [0.3, 0.4) is 0 Å². The fraction of sp³-hybridized carbons (Fsp3) is 0.176. The van der Waals surface area contributed by atoms with Crippen LogP contribution in [0.1, 0.15) is 16.5 Å². The summed E-state index contributed by atoms with van der Waals surface area (Å²) in [4.78, 5) is 25.6. The molecule has 1 aliphatic heterocycles. The molecule has 1 amide bonds. The molecule has 4 rings (SSSR count). The summed E-state index contributed by atoms with van der Waals surface area (Å²) in [7, 11) is 0. The molecule has 0 spiro atoms. The average molecular weight is 327 g/mol. The van der Waals surface area contributed by atoms with E-state index in [0.29, 0.717) is 17.0 Å². The predicted octanol–water partition coefficient (Wildman–Crippen LogP) is 3.47. The van der Waals surface area contributed by atoms with E-state index in [0.717, 1.165) is 16.5 Å². The van der Waals surface area contributed by atoms with E-state index in [9.17, 15) is 9.59 Å². The van der Waals surface area contributed by atoms with Crippen LogP contribution in [0.2, 0.25) is 0 Å². The molecule has 1 atom stereocenters. The molecule has 0 aliphatic carbocycles. The maximum Gasteiger partial charge on any atom is 0.336 e. The van der Waals surface area contributed by atoms with Crippen LogP contribution < -0.4 is 10.5 Å². The maximum absolute atomic E-state index is 12.3. The molecule has 5 nitrogen and oxygen atoms in total. The minimum Gasteiger partial charge on any atom is -0.472 e. The number of carbonyl (C=O) groups excluding carboxylic acids is 1. The molecule has 1 aliphatic rings. The Kier molecular flexibility index (Phi) is 3.27. The maximum atomic E-state index is 12.3. The summed E-state index contributed by atoms with van der Waals surface area (Å²) < 4.78 is 10.4. The first-order valence-electron chi connectivity index (χ1n) is 7.14. The van der Waals surface area contributed by atoms with E-state index < -0.39 is 0 Å². The number of anilines is 1. The van der Waals surface area contributed by atoms with Crippen LogP contribution in [-0.2, 0) is 4.79 Å². The third-order valence-electron chi connectivity index (χ3n) is 3.91. The molecule has 1 fully saturated rings. The van der Waals surface area contributed by atoms with E-state index in [4.69, 9.17) is 8.83 Å². The minimum absolute atomic E-state index is 0.0237. The topological polar surface area (TPSA) is 63.7 Å². The Balaban J connectivity index is 1.83. The van der Waals surface area contributed by atoms with E-state index in [1.807, 2.05) is 25.1 Å². The van der Waals surface area contributed by atoms with Gasteiger partial charge in [-0.05, 0) is 30.7 Å². The molecule has 3 aromatic rings. The van der Waals surface area contributed by atoms with E-state index in [2.05, 4.69) is 0 Å². The zero-order valence-corrected chi connectivity index (χ0v) is 13.1. The van der Waals surface area contributed by atoms with E-state index in [1.54, 1.807) is 35.3 Å². The molecule has 6 heteroatoms. The molecular formula is C17H13NO4S. The summed E-state index contributed by atoms with van der Waals surface area (Å²) >= 11 is 1.55. The summed E-state index contributed by atoms with van der Waals surface area (Å²) in [6, 6.07) is 8.83. The SMILES string of the molecule is Cc1cc(=O)oc2cc(N3C(=O)CSC3c3ccoc3)ccc12. The number of furan rings is 1. The number of nitrogens with zero attached hydrogens (tertiary/aromatic N) is 1. The van der Waals surface area contributed by atoms with Crippen LogP contribution in [0.4, 0.5) is 5.69 Å². The molecule has 1 unspecified atom stereocenters. The van der Waals surface area contributed by atoms with Crippen molar-refractivity contribution < 1.29 is 13.6 Å². The van der Waals surface area contributed by atoms with Gasteiger partial charge < -0.3 is 8.83 Å². The van der Waals surface area contributed by atoms with Crippen molar-refractivity contribution >= 4 is 34.3 Å². The number of rotatable bonds is 2. The number of benzene rings is 1. The lowest BCUT2D eigenvalue weighted by Crippen LogP contribution is -2.27. The molecule has 116 valence electrons. The van der Waals surface area contributed by atoms with Crippen molar-refractivity contribution in [3.63, 3.8) is 0 Å². The standard InChI is InChI=1S/C17H13NO4S/c1-10-6-16(20)22-14-7-12(2-3-13(10)14)18-15(19)9-23-17(18)11-4-5-21-8-11/h2-8,17H,9H2,1H3. The van der Waals surface area contributed by atoms with Gasteiger partial charge >= 0.3 is 5.63 Å². The van der Waals surface area contributed by atoms with Crippen molar-refractivity contribution in [2.24, 2.45) is 0 Å². The molecule has 23 heavy (non-hydrogen) atoms. The second kappa shape index (κ2) is 5.31. The highest BCUT2D eigenvalue weighted by Gasteiger charge is 2.34. The summed E-state index contributed by atoms with van der Waals surface area (Å²) in [5.74, 6) is 0.432. The number of fused-ring (bicyclic) bond motifs is 1. The van der Waals surface area contributed by atoms with Crippen LogP contribution >= 0.6 is 11.8 Å². The Hall–Kier alpha value is -2.47. The van der Waals surface area contributed by atoms with Gasteiger partial charge in [-0.25, -0.2) is 4.79 Å². The molecule has 0 bridgehead atoms. The van der Waals surface area contributed by atoms with Gasteiger partial charge in [-0.2, -0.15) is 0 Å². The van der Waals surface area contributed by atoms with Gasteiger partial charge in [0, 0.05) is 28.8 Å². The van der Waals surface area contributed by atoms with Crippen molar-refractivity contribution in [2.45, 2.75) is 12.3 Å². The zero-order chi connectivity index (χ0) is 16.0. The molecule has 3 heterocycles. The van der Waals surface area contributed by atoms with Crippen molar-refractivity contribution in [2.75, 3.05) is 10.7 Å². The molecule has 0 radical (unpaired) electrons. The van der Waals surface area contributed by atoms with E-state index in [1.165, 1.54) is 6.07 Å². The molecule has 1 aromatic carbocycles. The van der Waals surface area contributed by atoms with E-state index in [-0.39, 0.29) is 16.9 Å². The quantitative estimate of drug-likeness (QED) is 0.674. The highest BCUT2D eigenvalue weighted by molar-refractivity contribution is 8.00. The van der Waals surface area contributed by atoms with Crippen LogP contribution in [-0.4, -0.2) is 11.7 Å². The van der Waals surface area contributed by atoms with E-state index >= 15 is 0 Å². The molecular weight excluding hydrogens is 314 g/mol. The average Bonchev–Trinajstić information content (AvgIpc) is 3.15. The van der Waals surface area contributed by atoms with Crippen molar-refractivity contribution in [3.05, 3.63) is 64.4 Å². The molecule has 1 saturated heterocycles. The van der Waals surface area contributed by atoms with Gasteiger partial charge in [0.25, 0.3) is 0 Å². The second-order valence-electron chi connectivity index (χ2n) is 5.41. The van der Waals surface area contributed by atoms with Crippen molar-refractivity contribution in [1.29, 1.82) is 0 Å². The van der Waals surface area contributed by atoms with Gasteiger partial charge in [0.05, 0.1) is 18.3 Å². The summed E-state index contributed by atoms with van der Waals surface area (Å²) in [5.41, 5.74) is 2.61. The molecule has 0 saturated carbocycles. The van der Waals surface area contributed by atoms with Gasteiger partial charge in [-0.15, -0.1) is 11.8 Å². The first-order valence-corrected chi connectivity index (χ1v) is 8.18. The Morgan fingerprint density at radius 2 is 2.09 bits per heavy atom. The van der Waals surface area contributed by atoms with Crippen LogP contribution in [0.5, 0.6) is 0 Å². The molecule has 0 N–H and O–H groups in total. The first kappa shape index (κ1) is 14.1. The van der Waals surface area contributed by atoms with Gasteiger partial charge in [-0.3, -0.25) is 9.69 Å². The number of carbonyl (C=O) groups is 1. The lowest BCUT2D eigenvalue weighted by molar-refractivity contribution is -0.115. The van der Waals surface area contributed by atoms with Crippen LogP contribution in [0.25, 0.3) is 11.0 Å². The first-order chi connectivity index (χ1) is 11.1. The highest BCUT2D eigenvalue weighted by atomic mass is 32.2. The zero-order valence-electron chi connectivity index (χ0n) is 12.3. The number of amides is 1. The van der Waals surface area contributed by atoms with Gasteiger partial charge in [-0.1, -0.05) is 0 Å². The number of hydrogen-bond donors (Lipinski definition) is 0. The van der Waals surface area contributed by atoms with Crippen LogP contribution in [0, 0.1) is 6.92 Å². The minimum atomic E-state index is -0.388. The van der Waals surface area contributed by atoms with Gasteiger partial charge in [0.1, 0.15) is 11.0 Å². The Bertz CT molecular complexity index is 945. The second-order valence-corrected chi connectivity index (χ2v) is 6.48. The number of aryl methyl sites for hydroxylation is 1.